The molecule has 0 saturated heterocycles. The number of hydrogen-bond acceptors (Lipinski definition) is 5. The van der Waals surface area contributed by atoms with E-state index < -0.39 is 23.6 Å². The predicted molar refractivity (Wildman–Crippen MR) is 120 cm³/mol. The standard InChI is InChI=1S/C23H22F4N6O/c1-2-32-7-3-4-8-33(22(34)30-18-10-17(24)13-29-14-18)21-20(32)6-5-19(31-21)15-9-16(12-28-11-15)23(25,26)27/h5-6,9-14H,2-4,7-8H2,1H3,(H,30,34). The third-order valence-corrected chi connectivity index (χ3v) is 5.45. The topological polar surface area (TPSA) is 74.2 Å². The Labute approximate surface area is 193 Å². The van der Waals surface area contributed by atoms with Crippen molar-refractivity contribution in [3.05, 3.63) is 60.4 Å². The average Bonchev–Trinajstić information content (AvgIpc) is 2.79. The zero-order chi connectivity index (χ0) is 24.3. The quantitative estimate of drug-likeness (QED) is 0.518. The molecule has 1 aliphatic rings. The van der Waals surface area contributed by atoms with E-state index in [9.17, 15) is 22.4 Å². The summed E-state index contributed by atoms with van der Waals surface area (Å²) >= 11 is 0. The summed E-state index contributed by atoms with van der Waals surface area (Å²) in [7, 11) is 0. The van der Waals surface area contributed by atoms with Gasteiger partial charge in [0.2, 0.25) is 0 Å². The van der Waals surface area contributed by atoms with Crippen molar-refractivity contribution in [2.45, 2.75) is 25.9 Å². The fraction of sp³-hybridized carbons (Fsp3) is 0.304. The summed E-state index contributed by atoms with van der Waals surface area (Å²) in [6, 6.07) is 4.94. The summed E-state index contributed by atoms with van der Waals surface area (Å²) < 4.78 is 53.1. The molecule has 11 heteroatoms. The molecule has 0 aliphatic carbocycles. The van der Waals surface area contributed by atoms with E-state index in [0.29, 0.717) is 31.0 Å². The lowest BCUT2D eigenvalue weighted by Crippen LogP contribution is -2.40. The molecule has 0 unspecified atom stereocenters. The monoisotopic (exact) mass is 474 g/mol. The van der Waals surface area contributed by atoms with Gasteiger partial charge in [0.05, 0.1) is 35.0 Å². The van der Waals surface area contributed by atoms with Gasteiger partial charge >= 0.3 is 12.2 Å². The summed E-state index contributed by atoms with van der Waals surface area (Å²) in [5.41, 5.74) is 0.399. The number of carbonyl (C=O) groups is 1. The summed E-state index contributed by atoms with van der Waals surface area (Å²) in [6.07, 6.45) is 1.37. The zero-order valence-corrected chi connectivity index (χ0v) is 18.3. The molecule has 3 aromatic rings. The number of aromatic nitrogens is 3. The highest BCUT2D eigenvalue weighted by Gasteiger charge is 2.31. The maximum atomic E-state index is 13.5. The van der Waals surface area contributed by atoms with E-state index in [1.54, 1.807) is 12.1 Å². The van der Waals surface area contributed by atoms with Gasteiger partial charge in [-0.2, -0.15) is 13.2 Å². The first-order valence-corrected chi connectivity index (χ1v) is 10.7. The molecule has 0 spiro atoms. The normalized spacial score (nSPS) is 14.3. The van der Waals surface area contributed by atoms with Gasteiger partial charge in [0.1, 0.15) is 5.82 Å². The fourth-order valence-electron chi connectivity index (χ4n) is 3.78. The lowest BCUT2D eigenvalue weighted by molar-refractivity contribution is -0.137. The lowest BCUT2D eigenvalue weighted by Gasteiger charge is -2.33. The van der Waals surface area contributed by atoms with Crippen LogP contribution in [0.4, 0.5) is 39.5 Å². The Kier molecular flexibility index (Phi) is 6.62. The van der Waals surface area contributed by atoms with Crippen molar-refractivity contribution in [2.75, 3.05) is 34.8 Å². The highest BCUT2D eigenvalue weighted by atomic mass is 19.4. The number of alkyl halides is 3. The molecule has 7 nitrogen and oxygen atoms in total. The van der Waals surface area contributed by atoms with Crippen molar-refractivity contribution in [2.24, 2.45) is 0 Å². The SMILES string of the molecule is CCN1CCCCN(C(=O)Nc2cncc(F)c2)c2nc(-c3cncc(C(F)(F)F)c3)ccc21. The van der Waals surface area contributed by atoms with Crippen LogP contribution in [0.15, 0.2) is 49.1 Å². The van der Waals surface area contributed by atoms with Crippen LogP contribution >= 0.6 is 0 Å². The Morgan fingerprint density at radius 1 is 1.06 bits per heavy atom. The van der Waals surface area contributed by atoms with Crippen LogP contribution in [0, 0.1) is 5.82 Å². The Morgan fingerprint density at radius 3 is 2.56 bits per heavy atom. The molecular formula is C23H22F4N6O. The van der Waals surface area contributed by atoms with Crippen molar-refractivity contribution in [3.63, 3.8) is 0 Å². The minimum absolute atomic E-state index is 0.178. The first-order chi connectivity index (χ1) is 16.3. The molecule has 0 bridgehead atoms. The van der Waals surface area contributed by atoms with Crippen molar-refractivity contribution >= 4 is 23.2 Å². The Hall–Kier alpha value is -3.76. The maximum Gasteiger partial charge on any atom is 0.417 e. The Balaban J connectivity index is 1.76. The van der Waals surface area contributed by atoms with Crippen molar-refractivity contribution in [1.29, 1.82) is 0 Å². The first-order valence-electron chi connectivity index (χ1n) is 10.7. The third kappa shape index (κ3) is 5.08. The number of rotatable bonds is 3. The predicted octanol–water partition coefficient (Wildman–Crippen LogP) is 5.36. The number of urea groups is 1. The van der Waals surface area contributed by atoms with Gasteiger partial charge in [-0.3, -0.25) is 14.9 Å². The molecule has 4 rings (SSSR count). The molecule has 1 N–H and O–H groups in total. The molecule has 0 atom stereocenters. The van der Waals surface area contributed by atoms with Gasteiger partial charge in [0, 0.05) is 43.7 Å². The number of fused-ring (bicyclic) bond motifs is 1. The molecule has 4 heterocycles. The number of nitrogens with zero attached hydrogens (tertiary/aromatic N) is 5. The number of halogens is 4. The number of hydrogen-bond donors (Lipinski definition) is 1. The van der Waals surface area contributed by atoms with Crippen LogP contribution < -0.4 is 15.1 Å². The first kappa shape index (κ1) is 23.4. The second-order valence-corrected chi connectivity index (χ2v) is 7.76. The van der Waals surface area contributed by atoms with Gasteiger partial charge < -0.3 is 10.2 Å². The van der Waals surface area contributed by atoms with Gasteiger partial charge in [-0.15, -0.1) is 0 Å². The third-order valence-electron chi connectivity index (χ3n) is 5.45. The second-order valence-electron chi connectivity index (χ2n) is 7.76. The molecule has 0 saturated carbocycles. The molecule has 178 valence electrons. The zero-order valence-electron chi connectivity index (χ0n) is 18.3. The van der Waals surface area contributed by atoms with E-state index in [1.165, 1.54) is 17.3 Å². The lowest BCUT2D eigenvalue weighted by atomic mass is 10.1. The summed E-state index contributed by atoms with van der Waals surface area (Å²) in [5.74, 6) is -0.293. The van der Waals surface area contributed by atoms with Gasteiger partial charge in [0.15, 0.2) is 5.82 Å². The number of carbonyl (C=O) groups excluding carboxylic acids is 1. The number of nitrogens with one attached hydrogen (secondary N) is 1. The number of anilines is 3. The Morgan fingerprint density at radius 2 is 1.82 bits per heavy atom. The minimum Gasteiger partial charge on any atom is -0.369 e. The van der Waals surface area contributed by atoms with Crippen LogP contribution in [0.3, 0.4) is 0 Å². The largest absolute Gasteiger partial charge is 0.417 e. The van der Waals surface area contributed by atoms with Crippen LogP contribution in [0.2, 0.25) is 0 Å². The van der Waals surface area contributed by atoms with E-state index >= 15 is 0 Å². The van der Waals surface area contributed by atoms with Crippen LogP contribution in [0.1, 0.15) is 25.3 Å². The van der Waals surface area contributed by atoms with Crippen LogP contribution in [-0.4, -0.2) is 40.6 Å². The van der Waals surface area contributed by atoms with E-state index in [2.05, 4.69) is 25.2 Å². The molecule has 0 fully saturated rings. The molecule has 0 aromatic carbocycles. The smallest absolute Gasteiger partial charge is 0.369 e. The molecule has 3 aromatic heterocycles. The summed E-state index contributed by atoms with van der Waals surface area (Å²) in [4.78, 5) is 28.7. The van der Waals surface area contributed by atoms with Crippen molar-refractivity contribution in [3.8, 4) is 11.3 Å². The van der Waals surface area contributed by atoms with Gasteiger partial charge in [-0.05, 0) is 38.0 Å². The van der Waals surface area contributed by atoms with Crippen LogP contribution in [-0.2, 0) is 6.18 Å². The van der Waals surface area contributed by atoms with E-state index in [1.807, 2.05) is 6.92 Å². The highest BCUT2D eigenvalue weighted by molar-refractivity contribution is 6.03. The molecule has 1 aliphatic heterocycles. The van der Waals surface area contributed by atoms with Gasteiger partial charge in [-0.1, -0.05) is 0 Å². The van der Waals surface area contributed by atoms with E-state index in [4.69, 9.17) is 0 Å². The van der Waals surface area contributed by atoms with Gasteiger partial charge in [-0.25, -0.2) is 14.2 Å². The number of amides is 2. The molecule has 34 heavy (non-hydrogen) atoms. The minimum atomic E-state index is -4.55. The van der Waals surface area contributed by atoms with Crippen molar-refractivity contribution < 1.29 is 22.4 Å². The fourth-order valence-corrected chi connectivity index (χ4v) is 3.78. The second kappa shape index (κ2) is 9.62. The molecule has 2 amide bonds. The highest BCUT2D eigenvalue weighted by Crippen LogP contribution is 2.35. The number of pyridine rings is 3. The van der Waals surface area contributed by atoms with E-state index in [0.717, 1.165) is 37.5 Å². The van der Waals surface area contributed by atoms with Crippen molar-refractivity contribution in [1.82, 2.24) is 15.0 Å². The van der Waals surface area contributed by atoms with Crippen LogP contribution in [0.5, 0.6) is 0 Å². The molecular weight excluding hydrogens is 452 g/mol. The average molecular weight is 474 g/mol. The van der Waals surface area contributed by atoms with Gasteiger partial charge in [0.25, 0.3) is 0 Å². The van der Waals surface area contributed by atoms with Crippen LogP contribution in [0.25, 0.3) is 11.3 Å². The summed E-state index contributed by atoms with van der Waals surface area (Å²) in [5, 5.41) is 2.63. The van der Waals surface area contributed by atoms with E-state index in [-0.39, 0.29) is 16.9 Å². The maximum absolute atomic E-state index is 13.5. The summed E-state index contributed by atoms with van der Waals surface area (Å²) in [6.45, 7) is 3.70. The molecule has 0 radical (unpaired) electrons. The Bertz CT molecular complexity index is 1190.